The van der Waals surface area contributed by atoms with E-state index >= 15 is 0 Å². The van der Waals surface area contributed by atoms with Crippen LogP contribution >= 0.6 is 11.3 Å². The van der Waals surface area contributed by atoms with Gasteiger partial charge in [-0.3, -0.25) is 14.6 Å². The maximum atomic E-state index is 14.6. The number of amides is 2. The first-order valence-corrected chi connectivity index (χ1v) is 13.2. The molecule has 0 saturated heterocycles. The van der Waals surface area contributed by atoms with Gasteiger partial charge in [-0.2, -0.15) is 0 Å². The number of nitrogens with zero attached hydrogens (tertiary/aromatic N) is 6. The molecular formula is C25H23F5N8O3S. The molecule has 4 rings (SSSR count). The summed E-state index contributed by atoms with van der Waals surface area (Å²) in [7, 11) is 0. The highest BCUT2D eigenvalue weighted by Crippen LogP contribution is 2.25. The third-order valence-electron chi connectivity index (χ3n) is 5.60. The summed E-state index contributed by atoms with van der Waals surface area (Å²) in [4.78, 5) is 28.8. The Morgan fingerprint density at radius 1 is 1.07 bits per heavy atom. The van der Waals surface area contributed by atoms with Gasteiger partial charge < -0.3 is 15.4 Å². The van der Waals surface area contributed by atoms with E-state index in [4.69, 9.17) is 0 Å². The highest BCUT2D eigenvalue weighted by atomic mass is 32.1. The largest absolute Gasteiger partial charge is 0.573 e. The minimum Gasteiger partial charge on any atom is -0.406 e. The Morgan fingerprint density at radius 2 is 1.86 bits per heavy atom. The molecule has 0 aliphatic carbocycles. The zero-order valence-corrected chi connectivity index (χ0v) is 22.7. The molecular weight excluding hydrogens is 587 g/mol. The smallest absolute Gasteiger partial charge is 0.406 e. The van der Waals surface area contributed by atoms with E-state index in [1.165, 1.54) is 10.9 Å². The van der Waals surface area contributed by atoms with E-state index < -0.39 is 42.5 Å². The van der Waals surface area contributed by atoms with Gasteiger partial charge in [0.15, 0.2) is 5.69 Å². The van der Waals surface area contributed by atoms with Crippen molar-refractivity contribution in [1.82, 2.24) is 40.8 Å². The molecule has 0 aliphatic rings. The number of alkyl halides is 4. The Kier molecular flexibility index (Phi) is 9.72. The number of halogens is 5. The lowest BCUT2D eigenvalue weighted by Crippen LogP contribution is -2.23. The van der Waals surface area contributed by atoms with E-state index in [1.807, 2.05) is 19.1 Å². The number of aryl methyl sites for hydroxylation is 2. The van der Waals surface area contributed by atoms with Crippen LogP contribution in [0.3, 0.4) is 0 Å². The number of carbonyl (C=O) groups excluding carboxylic acids is 2. The number of aromatic nitrogens is 6. The molecule has 1 unspecified atom stereocenters. The van der Waals surface area contributed by atoms with Crippen LogP contribution in [0.5, 0.6) is 5.75 Å². The molecule has 1 aromatic carbocycles. The number of ether oxygens (including phenoxy) is 1. The Hall–Kier alpha value is -4.54. The predicted octanol–water partition coefficient (Wildman–Crippen LogP) is 3.70. The summed E-state index contributed by atoms with van der Waals surface area (Å²) in [6, 6.07) is 6.08. The van der Waals surface area contributed by atoms with E-state index in [0.29, 0.717) is 5.01 Å². The lowest BCUT2D eigenvalue weighted by atomic mass is 10.2. The van der Waals surface area contributed by atoms with Crippen molar-refractivity contribution in [2.24, 2.45) is 0 Å². The van der Waals surface area contributed by atoms with E-state index in [0.717, 1.165) is 40.8 Å². The van der Waals surface area contributed by atoms with Crippen LogP contribution in [-0.2, 0) is 26.1 Å². The van der Waals surface area contributed by atoms with Gasteiger partial charge in [-0.05, 0) is 43.2 Å². The fourth-order valence-corrected chi connectivity index (χ4v) is 4.29. The predicted molar refractivity (Wildman–Crippen MR) is 138 cm³/mol. The lowest BCUT2D eigenvalue weighted by Gasteiger charge is -2.11. The zero-order valence-electron chi connectivity index (χ0n) is 21.9. The standard InChI is InChI=1S/C25H23F5N8O3S/c1-14-2-3-15(9-31-14)10-32-22(39)20-13-38(37-34-20)12-17(26)4-7-21-35-36-24(42-21)23(40)33-11-16-8-18(5-6-19(16)27)41-25(28,29)30/h2-3,5-6,8-9,13,17H,4,7,10-12H2,1H3,(H,32,39)(H,33,40). The number of benzene rings is 1. The molecule has 2 amide bonds. The molecule has 3 heterocycles. The van der Waals surface area contributed by atoms with Gasteiger partial charge >= 0.3 is 6.36 Å². The number of nitrogens with one attached hydrogen (secondary N) is 2. The Bertz CT molecular complexity index is 1530. The summed E-state index contributed by atoms with van der Waals surface area (Å²) < 4.78 is 70.7. The van der Waals surface area contributed by atoms with E-state index in [9.17, 15) is 31.5 Å². The third-order valence-corrected chi connectivity index (χ3v) is 6.59. The van der Waals surface area contributed by atoms with Crippen LogP contribution in [0.1, 0.15) is 48.5 Å². The molecule has 0 fully saturated rings. The zero-order chi connectivity index (χ0) is 30.3. The number of hydrogen-bond donors (Lipinski definition) is 2. The van der Waals surface area contributed by atoms with Crippen LogP contribution in [0.25, 0.3) is 0 Å². The summed E-state index contributed by atoms with van der Waals surface area (Å²) in [5, 5.41) is 20.5. The average Bonchev–Trinajstić information content (AvgIpc) is 3.61. The second-order valence-corrected chi connectivity index (χ2v) is 10.00. The van der Waals surface area contributed by atoms with Crippen LogP contribution in [0.15, 0.2) is 42.7 Å². The van der Waals surface area contributed by atoms with E-state index in [2.05, 4.69) is 40.9 Å². The molecule has 222 valence electrons. The summed E-state index contributed by atoms with van der Waals surface area (Å²) in [6.45, 7) is 1.50. The van der Waals surface area contributed by atoms with E-state index in [1.54, 1.807) is 6.20 Å². The van der Waals surface area contributed by atoms with Crippen molar-refractivity contribution in [3.63, 3.8) is 0 Å². The van der Waals surface area contributed by atoms with Crippen molar-refractivity contribution < 1.29 is 36.3 Å². The molecule has 42 heavy (non-hydrogen) atoms. The number of pyridine rings is 1. The summed E-state index contributed by atoms with van der Waals surface area (Å²) in [5.41, 5.74) is 1.46. The van der Waals surface area contributed by atoms with E-state index in [-0.39, 0.29) is 42.2 Å². The van der Waals surface area contributed by atoms with Crippen LogP contribution in [0.2, 0.25) is 0 Å². The first-order valence-electron chi connectivity index (χ1n) is 12.3. The lowest BCUT2D eigenvalue weighted by molar-refractivity contribution is -0.274. The summed E-state index contributed by atoms with van der Waals surface area (Å²) >= 11 is 0.892. The number of hydrogen-bond acceptors (Lipinski definition) is 9. The first-order chi connectivity index (χ1) is 19.9. The van der Waals surface area contributed by atoms with Gasteiger partial charge in [-0.25, -0.2) is 13.5 Å². The highest BCUT2D eigenvalue weighted by Gasteiger charge is 2.31. The quantitative estimate of drug-likeness (QED) is 0.232. The van der Waals surface area contributed by atoms with Crippen molar-refractivity contribution >= 4 is 23.2 Å². The van der Waals surface area contributed by atoms with Crippen molar-refractivity contribution in [2.45, 2.75) is 51.9 Å². The SMILES string of the molecule is Cc1ccc(CNC(=O)c2cn(CC(F)CCc3nnc(C(=O)NCc4cc(OC(F)(F)F)ccc4F)s3)nn2)cn1. The summed E-state index contributed by atoms with van der Waals surface area (Å²) in [6.07, 6.45) is -3.20. The Morgan fingerprint density at radius 3 is 2.60 bits per heavy atom. The monoisotopic (exact) mass is 610 g/mol. The van der Waals surface area contributed by atoms with Crippen LogP contribution in [-0.4, -0.2) is 54.5 Å². The van der Waals surface area contributed by atoms with Crippen molar-refractivity contribution in [3.05, 3.63) is 81.1 Å². The summed E-state index contributed by atoms with van der Waals surface area (Å²) in [5.74, 6) is -2.67. The third kappa shape index (κ3) is 8.98. The maximum Gasteiger partial charge on any atom is 0.573 e. The fourth-order valence-electron chi connectivity index (χ4n) is 3.52. The maximum absolute atomic E-state index is 14.6. The van der Waals surface area contributed by atoms with Crippen molar-refractivity contribution in [1.29, 1.82) is 0 Å². The molecule has 4 aromatic rings. The van der Waals surface area contributed by atoms with Crippen LogP contribution in [0, 0.1) is 12.7 Å². The molecule has 17 heteroatoms. The van der Waals surface area contributed by atoms with Gasteiger partial charge in [-0.1, -0.05) is 22.6 Å². The minimum absolute atomic E-state index is 0.00920. The van der Waals surface area contributed by atoms with Crippen LogP contribution in [0.4, 0.5) is 22.0 Å². The van der Waals surface area contributed by atoms with Crippen molar-refractivity contribution in [3.8, 4) is 5.75 Å². The van der Waals surface area contributed by atoms with Gasteiger partial charge in [0.25, 0.3) is 11.8 Å². The second-order valence-electron chi connectivity index (χ2n) is 8.94. The van der Waals surface area contributed by atoms with Crippen molar-refractivity contribution in [2.75, 3.05) is 0 Å². The van der Waals surface area contributed by atoms with Gasteiger partial charge in [0.2, 0.25) is 5.01 Å². The highest BCUT2D eigenvalue weighted by molar-refractivity contribution is 7.13. The molecule has 11 nitrogen and oxygen atoms in total. The van der Waals surface area contributed by atoms with Gasteiger partial charge in [-0.15, -0.1) is 28.5 Å². The molecule has 2 N–H and O–H groups in total. The Labute approximate surface area is 239 Å². The number of rotatable bonds is 12. The molecule has 0 radical (unpaired) electrons. The number of carbonyl (C=O) groups is 2. The Balaban J connectivity index is 1.21. The van der Waals surface area contributed by atoms with Gasteiger partial charge in [0.1, 0.15) is 22.7 Å². The molecule has 0 saturated carbocycles. The topological polar surface area (TPSA) is 137 Å². The van der Waals surface area contributed by atoms with Gasteiger partial charge in [0.05, 0.1) is 12.7 Å². The molecule has 1 atom stereocenters. The first kappa shape index (κ1) is 30.4. The van der Waals surface area contributed by atoms with Gasteiger partial charge in [0, 0.05) is 37.0 Å². The molecule has 3 aromatic heterocycles. The average molecular weight is 611 g/mol. The fraction of sp³-hybridized carbons (Fsp3) is 0.320. The van der Waals surface area contributed by atoms with Crippen LogP contribution < -0.4 is 15.4 Å². The normalized spacial score (nSPS) is 12.1. The molecule has 0 spiro atoms. The molecule has 0 bridgehead atoms. The second kappa shape index (κ2) is 13.4. The molecule has 0 aliphatic heterocycles. The minimum atomic E-state index is -4.95.